The Hall–Kier alpha value is -1.17. The first-order valence-electron chi connectivity index (χ1n) is 9.19. The molecule has 0 radical (unpaired) electrons. The van der Waals surface area contributed by atoms with Crippen molar-refractivity contribution >= 4 is 23.2 Å². The molecule has 1 aliphatic heterocycles. The molecule has 0 unspecified atom stereocenters. The number of ether oxygens (including phenoxy) is 1. The van der Waals surface area contributed by atoms with Crippen molar-refractivity contribution in [1.29, 1.82) is 0 Å². The number of hydrogen-bond acceptors (Lipinski definition) is 3. The molecule has 25 heavy (non-hydrogen) atoms. The maximum atomic E-state index is 13.2. The van der Waals surface area contributed by atoms with E-state index in [-0.39, 0.29) is 10.9 Å². The summed E-state index contributed by atoms with van der Waals surface area (Å²) < 4.78 is 18.9. The molecule has 0 aromatic heterocycles. The molecule has 1 aromatic rings. The van der Waals surface area contributed by atoms with Crippen molar-refractivity contribution in [2.24, 2.45) is 5.92 Å². The van der Waals surface area contributed by atoms with Gasteiger partial charge in [0.25, 0.3) is 0 Å². The monoisotopic (exact) mass is 368 g/mol. The lowest BCUT2D eigenvalue weighted by Gasteiger charge is -2.33. The number of halogens is 2. The lowest BCUT2D eigenvalue weighted by molar-refractivity contribution is -0.116. The van der Waals surface area contributed by atoms with Crippen molar-refractivity contribution in [1.82, 2.24) is 4.90 Å². The summed E-state index contributed by atoms with van der Waals surface area (Å²) in [7, 11) is 0. The van der Waals surface area contributed by atoms with Gasteiger partial charge in [-0.05, 0) is 49.8 Å². The Labute approximate surface area is 153 Å². The lowest BCUT2D eigenvalue weighted by atomic mass is 9.85. The zero-order chi connectivity index (χ0) is 17.6. The van der Waals surface area contributed by atoms with Gasteiger partial charge in [0.1, 0.15) is 5.82 Å². The zero-order valence-electron chi connectivity index (χ0n) is 14.5. The van der Waals surface area contributed by atoms with Gasteiger partial charge in [-0.3, -0.25) is 9.69 Å². The topological polar surface area (TPSA) is 41.6 Å². The van der Waals surface area contributed by atoms with Crippen LogP contribution < -0.4 is 5.32 Å². The summed E-state index contributed by atoms with van der Waals surface area (Å²) in [5, 5.41) is 2.81. The highest BCUT2D eigenvalue weighted by Gasteiger charge is 2.24. The quantitative estimate of drug-likeness (QED) is 0.751. The van der Waals surface area contributed by atoms with E-state index in [2.05, 4.69) is 10.2 Å². The van der Waals surface area contributed by atoms with E-state index in [1.54, 1.807) is 0 Å². The van der Waals surface area contributed by atoms with Crippen LogP contribution in [0.3, 0.4) is 0 Å². The molecule has 1 aliphatic carbocycles. The van der Waals surface area contributed by atoms with Gasteiger partial charge in [-0.2, -0.15) is 0 Å². The number of nitrogens with zero attached hydrogens (tertiary/aromatic N) is 1. The summed E-state index contributed by atoms with van der Waals surface area (Å²) in [5.41, 5.74) is 0.529. The third kappa shape index (κ3) is 5.66. The summed E-state index contributed by atoms with van der Waals surface area (Å²) in [6.45, 7) is 3.53. The molecule has 3 rings (SSSR count). The highest BCUT2D eigenvalue weighted by molar-refractivity contribution is 6.31. The second-order valence-electron chi connectivity index (χ2n) is 7.12. The Balaban J connectivity index is 1.48. The predicted octanol–water partition coefficient (Wildman–Crippen LogP) is 4.09. The average molecular weight is 369 g/mol. The first kappa shape index (κ1) is 18.6. The minimum atomic E-state index is -0.483. The third-order valence-corrected chi connectivity index (χ3v) is 5.38. The molecule has 1 N–H and O–H groups in total. The maximum Gasteiger partial charge on any atom is 0.225 e. The minimum Gasteiger partial charge on any atom is -0.377 e. The van der Waals surface area contributed by atoms with E-state index in [4.69, 9.17) is 16.3 Å². The first-order chi connectivity index (χ1) is 12.1. The van der Waals surface area contributed by atoms with Crippen molar-refractivity contribution in [2.75, 3.05) is 31.6 Å². The third-order valence-electron chi connectivity index (χ3n) is 5.09. The Morgan fingerprint density at radius 3 is 2.76 bits per heavy atom. The fraction of sp³-hybridized carbons (Fsp3) is 0.632. The lowest BCUT2D eigenvalue weighted by Crippen LogP contribution is -2.39. The van der Waals surface area contributed by atoms with Crippen LogP contribution >= 0.6 is 11.6 Å². The van der Waals surface area contributed by atoms with Crippen LogP contribution in [-0.2, 0) is 9.53 Å². The highest BCUT2D eigenvalue weighted by atomic mass is 35.5. The van der Waals surface area contributed by atoms with E-state index in [9.17, 15) is 9.18 Å². The fourth-order valence-electron chi connectivity index (χ4n) is 3.43. The summed E-state index contributed by atoms with van der Waals surface area (Å²) >= 11 is 5.75. The highest BCUT2D eigenvalue weighted by Crippen LogP contribution is 2.28. The number of carbonyl (C=O) groups excluding carboxylic acids is 1. The molecule has 2 aliphatic rings. The molecule has 6 heteroatoms. The molecule has 1 saturated heterocycles. The van der Waals surface area contributed by atoms with Crippen LogP contribution in [0, 0.1) is 11.7 Å². The van der Waals surface area contributed by atoms with Gasteiger partial charge in [0, 0.05) is 38.3 Å². The molecule has 2 fully saturated rings. The van der Waals surface area contributed by atoms with Crippen LogP contribution in [0.15, 0.2) is 18.2 Å². The number of hydrogen-bond donors (Lipinski definition) is 1. The van der Waals surface area contributed by atoms with Crippen molar-refractivity contribution in [2.45, 2.75) is 44.6 Å². The Morgan fingerprint density at radius 1 is 1.28 bits per heavy atom. The predicted molar refractivity (Wildman–Crippen MR) is 97.4 cm³/mol. The molecule has 1 heterocycles. The van der Waals surface area contributed by atoms with Gasteiger partial charge in [-0.1, -0.05) is 18.0 Å². The largest absolute Gasteiger partial charge is 0.377 e. The molecule has 1 saturated carbocycles. The van der Waals surface area contributed by atoms with Gasteiger partial charge in [0.2, 0.25) is 5.91 Å². The smallest absolute Gasteiger partial charge is 0.225 e. The van der Waals surface area contributed by atoms with Gasteiger partial charge < -0.3 is 10.1 Å². The number of benzene rings is 1. The van der Waals surface area contributed by atoms with E-state index < -0.39 is 5.82 Å². The molecule has 1 aromatic carbocycles. The summed E-state index contributed by atoms with van der Waals surface area (Å²) in [5.74, 6) is 0.205. The zero-order valence-corrected chi connectivity index (χ0v) is 15.2. The van der Waals surface area contributed by atoms with Gasteiger partial charge in [-0.25, -0.2) is 4.39 Å². The van der Waals surface area contributed by atoms with Crippen LogP contribution in [0.4, 0.5) is 10.1 Å². The molecule has 1 atom stereocenters. The fourth-order valence-corrected chi connectivity index (χ4v) is 3.61. The van der Waals surface area contributed by atoms with Gasteiger partial charge in [-0.15, -0.1) is 0 Å². The van der Waals surface area contributed by atoms with Crippen LogP contribution in [0.1, 0.15) is 38.5 Å². The van der Waals surface area contributed by atoms with Crippen LogP contribution in [0.2, 0.25) is 5.02 Å². The van der Waals surface area contributed by atoms with Crippen molar-refractivity contribution in [3.8, 4) is 0 Å². The van der Waals surface area contributed by atoms with E-state index in [1.807, 2.05) is 0 Å². The molecule has 1 amide bonds. The normalized spacial score (nSPS) is 20.7. The van der Waals surface area contributed by atoms with Gasteiger partial charge >= 0.3 is 0 Å². The summed E-state index contributed by atoms with van der Waals surface area (Å²) in [4.78, 5) is 14.6. The van der Waals surface area contributed by atoms with Crippen molar-refractivity contribution in [3.05, 3.63) is 29.0 Å². The number of amides is 1. The van der Waals surface area contributed by atoms with E-state index >= 15 is 0 Å². The first-order valence-corrected chi connectivity index (χ1v) is 9.57. The summed E-state index contributed by atoms with van der Waals surface area (Å²) in [6, 6.07) is 4.23. The molecular formula is C19H26ClFN2O2. The van der Waals surface area contributed by atoms with Crippen LogP contribution in [-0.4, -0.2) is 43.2 Å². The second kappa shape index (κ2) is 8.97. The number of rotatable bonds is 8. The van der Waals surface area contributed by atoms with Crippen molar-refractivity contribution < 1.29 is 13.9 Å². The molecule has 0 bridgehead atoms. The van der Waals surface area contributed by atoms with Crippen molar-refractivity contribution in [3.63, 3.8) is 0 Å². The van der Waals surface area contributed by atoms with Gasteiger partial charge in [0.05, 0.1) is 11.1 Å². The molecule has 4 nitrogen and oxygen atoms in total. The average Bonchev–Trinajstić information content (AvgIpc) is 3.05. The van der Waals surface area contributed by atoms with Crippen LogP contribution in [0.5, 0.6) is 0 Å². The Kier molecular flexibility index (Phi) is 6.68. The van der Waals surface area contributed by atoms with Crippen LogP contribution in [0.25, 0.3) is 0 Å². The maximum absolute atomic E-state index is 13.2. The molecule has 138 valence electrons. The molecule has 0 spiro atoms. The molecular weight excluding hydrogens is 343 g/mol. The SMILES string of the molecule is O=C(CCN(CC1CCC1)C[C@@H]1CCCO1)Nc1ccc(F)c(Cl)c1. The number of nitrogens with one attached hydrogen (secondary N) is 1. The Morgan fingerprint density at radius 2 is 2.12 bits per heavy atom. The second-order valence-corrected chi connectivity index (χ2v) is 7.53. The van der Waals surface area contributed by atoms with E-state index in [0.29, 0.717) is 18.2 Å². The van der Waals surface area contributed by atoms with E-state index in [1.165, 1.54) is 37.5 Å². The number of carbonyl (C=O) groups is 1. The minimum absolute atomic E-state index is 0.0165. The standard InChI is InChI=1S/C19H26ClFN2O2/c20-17-11-15(6-7-18(17)21)22-19(24)8-9-23(12-14-3-1-4-14)13-16-5-2-10-25-16/h6-7,11,14,16H,1-5,8-10,12-13H2,(H,22,24)/t16-/m0/s1. The summed E-state index contributed by atoms with van der Waals surface area (Å²) in [6.07, 6.45) is 6.87. The Bertz CT molecular complexity index is 589. The van der Waals surface area contributed by atoms with Gasteiger partial charge in [0.15, 0.2) is 0 Å². The number of anilines is 1. The van der Waals surface area contributed by atoms with E-state index in [0.717, 1.165) is 45.0 Å².